The highest BCUT2D eigenvalue weighted by Gasteiger charge is 2.21. The summed E-state index contributed by atoms with van der Waals surface area (Å²) >= 11 is 0. The van der Waals surface area contributed by atoms with Gasteiger partial charge in [0.1, 0.15) is 11.9 Å². The molecule has 1 atom stereocenters. The second kappa shape index (κ2) is 4.67. The van der Waals surface area contributed by atoms with Crippen molar-refractivity contribution in [3.8, 4) is 5.75 Å². The first-order chi connectivity index (χ1) is 8.31. The molecule has 3 nitrogen and oxygen atoms in total. The van der Waals surface area contributed by atoms with Gasteiger partial charge in [0.05, 0.1) is 0 Å². The maximum Gasteiger partial charge on any atom is 0.120 e. The van der Waals surface area contributed by atoms with Crippen molar-refractivity contribution in [2.45, 2.75) is 25.5 Å². The van der Waals surface area contributed by atoms with Gasteiger partial charge < -0.3 is 15.0 Å². The Hall–Kier alpha value is -1.06. The molecule has 0 amide bonds. The van der Waals surface area contributed by atoms with Gasteiger partial charge >= 0.3 is 0 Å². The third-order valence-electron chi connectivity index (χ3n) is 3.72. The molecule has 1 aromatic carbocycles. The number of nitrogens with one attached hydrogen (secondary N) is 1. The average Bonchev–Trinajstić information content (AvgIpc) is 2.75. The van der Waals surface area contributed by atoms with Crippen LogP contribution in [0.1, 0.15) is 17.5 Å². The Bertz CT molecular complexity index is 405. The van der Waals surface area contributed by atoms with Crippen molar-refractivity contribution >= 4 is 0 Å². The fourth-order valence-corrected chi connectivity index (χ4v) is 2.71. The summed E-state index contributed by atoms with van der Waals surface area (Å²) in [5, 5.41) is 3.39. The lowest BCUT2D eigenvalue weighted by atomic mass is 10.0. The van der Waals surface area contributed by atoms with E-state index < -0.39 is 0 Å². The molecule has 17 heavy (non-hydrogen) atoms. The number of likely N-dealkylation sites (tertiary alicyclic amines) is 1. The summed E-state index contributed by atoms with van der Waals surface area (Å²) in [7, 11) is 2.15. The molecule has 3 heteroatoms. The first-order valence-corrected chi connectivity index (χ1v) is 6.49. The van der Waals surface area contributed by atoms with E-state index in [0.29, 0.717) is 6.10 Å². The van der Waals surface area contributed by atoms with E-state index in [1.807, 2.05) is 0 Å². The van der Waals surface area contributed by atoms with Gasteiger partial charge in [0, 0.05) is 19.6 Å². The van der Waals surface area contributed by atoms with Crippen molar-refractivity contribution in [2.24, 2.45) is 0 Å². The molecule has 1 fully saturated rings. The number of fused-ring (bicyclic) bond motifs is 1. The van der Waals surface area contributed by atoms with Crippen LogP contribution >= 0.6 is 0 Å². The fourth-order valence-electron chi connectivity index (χ4n) is 2.71. The first-order valence-electron chi connectivity index (χ1n) is 6.49. The Morgan fingerprint density at radius 1 is 1.35 bits per heavy atom. The number of rotatable bonds is 2. The monoisotopic (exact) mass is 232 g/mol. The van der Waals surface area contributed by atoms with E-state index in [0.717, 1.165) is 44.8 Å². The molecule has 3 rings (SSSR count). The summed E-state index contributed by atoms with van der Waals surface area (Å²) in [4.78, 5) is 2.33. The van der Waals surface area contributed by atoms with Gasteiger partial charge in [-0.1, -0.05) is 6.07 Å². The molecule has 0 radical (unpaired) electrons. The lowest BCUT2D eigenvalue weighted by molar-refractivity contribution is 0.208. The molecule has 2 aliphatic heterocycles. The van der Waals surface area contributed by atoms with Gasteiger partial charge in [-0.3, -0.25) is 0 Å². The van der Waals surface area contributed by atoms with Crippen molar-refractivity contribution in [1.82, 2.24) is 10.2 Å². The van der Waals surface area contributed by atoms with Crippen molar-refractivity contribution in [1.29, 1.82) is 0 Å². The van der Waals surface area contributed by atoms with Gasteiger partial charge in [0.25, 0.3) is 0 Å². The van der Waals surface area contributed by atoms with Gasteiger partial charge in [0.15, 0.2) is 0 Å². The zero-order chi connectivity index (χ0) is 11.7. The van der Waals surface area contributed by atoms with Gasteiger partial charge in [0.2, 0.25) is 0 Å². The minimum absolute atomic E-state index is 0.375. The van der Waals surface area contributed by atoms with Gasteiger partial charge in [-0.05, 0) is 49.7 Å². The molecular formula is C14H20N2O. The predicted molar refractivity (Wildman–Crippen MR) is 68.4 cm³/mol. The number of ether oxygens (including phenoxy) is 1. The smallest absolute Gasteiger partial charge is 0.120 e. The Balaban J connectivity index is 1.71. The normalized spacial score (nSPS) is 24.6. The Kier molecular flexibility index (Phi) is 3.04. The van der Waals surface area contributed by atoms with Crippen LogP contribution in [0.3, 0.4) is 0 Å². The van der Waals surface area contributed by atoms with Crippen LogP contribution in [0.4, 0.5) is 0 Å². The molecule has 0 spiro atoms. The number of hydrogen-bond acceptors (Lipinski definition) is 3. The molecule has 0 bridgehead atoms. The van der Waals surface area contributed by atoms with Crippen LogP contribution in [0.25, 0.3) is 0 Å². The van der Waals surface area contributed by atoms with Gasteiger partial charge in [-0.15, -0.1) is 0 Å². The van der Waals surface area contributed by atoms with Crippen molar-refractivity contribution in [3.05, 3.63) is 29.3 Å². The van der Waals surface area contributed by atoms with E-state index in [4.69, 9.17) is 4.74 Å². The third kappa shape index (κ3) is 2.45. The van der Waals surface area contributed by atoms with Crippen LogP contribution in [0.2, 0.25) is 0 Å². The van der Waals surface area contributed by atoms with Crippen molar-refractivity contribution in [3.63, 3.8) is 0 Å². The molecule has 0 aliphatic carbocycles. The fraction of sp³-hybridized carbons (Fsp3) is 0.571. The summed E-state index contributed by atoms with van der Waals surface area (Å²) < 4.78 is 6.05. The second-order valence-corrected chi connectivity index (χ2v) is 5.15. The average molecular weight is 232 g/mol. The minimum atomic E-state index is 0.375. The Morgan fingerprint density at radius 3 is 3.12 bits per heavy atom. The van der Waals surface area contributed by atoms with E-state index in [1.54, 1.807) is 0 Å². The number of likely N-dealkylation sites (N-methyl/N-ethyl adjacent to an activating group) is 1. The minimum Gasteiger partial charge on any atom is -0.489 e. The molecule has 92 valence electrons. The van der Waals surface area contributed by atoms with E-state index >= 15 is 0 Å². The van der Waals surface area contributed by atoms with Gasteiger partial charge in [-0.25, -0.2) is 0 Å². The molecular weight excluding hydrogens is 212 g/mol. The molecule has 1 N–H and O–H groups in total. The van der Waals surface area contributed by atoms with Crippen LogP contribution in [0.15, 0.2) is 18.2 Å². The largest absolute Gasteiger partial charge is 0.489 e. The van der Waals surface area contributed by atoms with E-state index in [2.05, 4.69) is 35.5 Å². The molecule has 1 saturated heterocycles. The molecule has 0 aromatic heterocycles. The topological polar surface area (TPSA) is 24.5 Å². The summed E-state index contributed by atoms with van der Waals surface area (Å²) in [5.41, 5.74) is 2.87. The zero-order valence-electron chi connectivity index (χ0n) is 10.4. The lowest BCUT2D eigenvalue weighted by Gasteiger charge is -2.19. The predicted octanol–water partition coefficient (Wildman–Crippen LogP) is 1.42. The summed E-state index contributed by atoms with van der Waals surface area (Å²) in [6, 6.07) is 6.55. The first kappa shape index (κ1) is 11.1. The summed E-state index contributed by atoms with van der Waals surface area (Å²) in [5.74, 6) is 1.05. The maximum absolute atomic E-state index is 6.05. The number of benzene rings is 1. The van der Waals surface area contributed by atoms with Crippen molar-refractivity contribution < 1.29 is 4.74 Å². The van der Waals surface area contributed by atoms with Crippen LogP contribution in [-0.2, 0) is 13.0 Å². The lowest BCUT2D eigenvalue weighted by Crippen LogP contribution is -2.24. The molecule has 0 unspecified atom stereocenters. The molecule has 0 saturated carbocycles. The van der Waals surface area contributed by atoms with E-state index in [1.165, 1.54) is 11.1 Å². The SMILES string of the molecule is CN1CC[C@H](Oc2ccc3c(c2)CCNC3)C1. The highest BCUT2D eigenvalue weighted by molar-refractivity contribution is 5.37. The zero-order valence-corrected chi connectivity index (χ0v) is 10.4. The van der Waals surface area contributed by atoms with E-state index in [-0.39, 0.29) is 0 Å². The number of hydrogen-bond donors (Lipinski definition) is 1. The summed E-state index contributed by atoms with van der Waals surface area (Å²) in [6.45, 7) is 4.29. The van der Waals surface area contributed by atoms with Crippen LogP contribution in [0.5, 0.6) is 5.75 Å². The highest BCUT2D eigenvalue weighted by atomic mass is 16.5. The molecule has 2 aliphatic rings. The maximum atomic E-state index is 6.05. The number of nitrogens with zero attached hydrogens (tertiary/aromatic N) is 1. The van der Waals surface area contributed by atoms with Crippen molar-refractivity contribution in [2.75, 3.05) is 26.7 Å². The van der Waals surface area contributed by atoms with Crippen LogP contribution in [-0.4, -0.2) is 37.7 Å². The quantitative estimate of drug-likeness (QED) is 0.834. The van der Waals surface area contributed by atoms with Gasteiger partial charge in [-0.2, -0.15) is 0 Å². The summed E-state index contributed by atoms with van der Waals surface area (Å²) in [6.07, 6.45) is 2.64. The Labute approximate surface area is 103 Å². The third-order valence-corrected chi connectivity index (χ3v) is 3.72. The molecule has 2 heterocycles. The van der Waals surface area contributed by atoms with Crippen LogP contribution < -0.4 is 10.1 Å². The molecule has 1 aromatic rings. The van der Waals surface area contributed by atoms with Crippen LogP contribution in [0, 0.1) is 0 Å². The highest BCUT2D eigenvalue weighted by Crippen LogP contribution is 2.23. The van der Waals surface area contributed by atoms with E-state index in [9.17, 15) is 0 Å². The Morgan fingerprint density at radius 2 is 2.29 bits per heavy atom. The second-order valence-electron chi connectivity index (χ2n) is 5.15. The standard InChI is InChI=1S/C14H20N2O/c1-16-7-5-14(10-16)17-13-3-2-12-9-15-6-4-11(12)8-13/h2-3,8,14-15H,4-7,9-10H2,1H3/t14-/m0/s1.